The van der Waals surface area contributed by atoms with Gasteiger partial charge in [0.05, 0.1) is 44.6 Å². The number of hydrogen-bond acceptors (Lipinski definition) is 4. The summed E-state index contributed by atoms with van der Waals surface area (Å²) in [6.45, 7) is 1.16. The van der Waals surface area contributed by atoms with Gasteiger partial charge in [0.1, 0.15) is 0 Å². The molecular weight excluding hydrogens is 364 g/mol. The maximum Gasteiger partial charge on any atom is 0.0951 e. The van der Waals surface area contributed by atoms with Crippen LogP contribution in [0.4, 0.5) is 0 Å². The Labute approximate surface area is 172 Å². The van der Waals surface area contributed by atoms with Crippen molar-refractivity contribution in [1.82, 2.24) is 0 Å². The van der Waals surface area contributed by atoms with E-state index in [0.717, 1.165) is 16.7 Å². The Morgan fingerprint density at radius 2 is 1.03 bits per heavy atom. The van der Waals surface area contributed by atoms with Gasteiger partial charge >= 0.3 is 0 Å². The molecular formula is C25H28O4. The molecule has 2 N–H and O–H groups in total. The summed E-state index contributed by atoms with van der Waals surface area (Å²) in [4.78, 5) is 0. The fourth-order valence-electron chi connectivity index (χ4n) is 3.78. The molecule has 0 fully saturated rings. The first-order valence-electron chi connectivity index (χ1n) is 9.91. The molecule has 0 aliphatic carbocycles. The molecule has 0 aliphatic heterocycles. The quantitative estimate of drug-likeness (QED) is 0.388. The molecule has 1 unspecified atom stereocenters. The molecule has 0 spiro atoms. The summed E-state index contributed by atoms with van der Waals surface area (Å²) in [5, 5.41) is 20.3. The number of benzene rings is 3. The lowest BCUT2D eigenvalue weighted by Crippen LogP contribution is -2.44. The molecule has 3 rings (SSSR count). The fourth-order valence-corrected chi connectivity index (χ4v) is 3.78. The van der Waals surface area contributed by atoms with E-state index in [0.29, 0.717) is 13.2 Å². The maximum absolute atomic E-state index is 11.5. The number of ether oxygens (including phenoxy) is 2. The first-order chi connectivity index (χ1) is 14.3. The molecule has 0 saturated heterocycles. The van der Waals surface area contributed by atoms with Crippen LogP contribution >= 0.6 is 0 Å². The Kier molecular flexibility index (Phi) is 7.96. The predicted octanol–water partition coefficient (Wildman–Crippen LogP) is 3.41. The zero-order valence-corrected chi connectivity index (χ0v) is 16.5. The largest absolute Gasteiger partial charge is 0.394 e. The van der Waals surface area contributed by atoms with E-state index < -0.39 is 11.5 Å². The monoisotopic (exact) mass is 392 g/mol. The highest BCUT2D eigenvalue weighted by Crippen LogP contribution is 2.42. The van der Waals surface area contributed by atoms with Gasteiger partial charge in [-0.25, -0.2) is 0 Å². The minimum Gasteiger partial charge on any atom is -0.394 e. The molecule has 0 bridgehead atoms. The second-order valence-electron chi connectivity index (χ2n) is 6.83. The zero-order chi connectivity index (χ0) is 20.4. The minimum absolute atomic E-state index is 0.0121. The third-order valence-electron chi connectivity index (χ3n) is 5.07. The van der Waals surface area contributed by atoms with Crippen LogP contribution in [0.25, 0.3) is 0 Å². The maximum atomic E-state index is 11.5. The minimum atomic E-state index is -0.812. The Hall–Kier alpha value is -2.50. The van der Waals surface area contributed by atoms with Crippen LogP contribution in [0.15, 0.2) is 91.0 Å². The number of rotatable bonds is 11. The molecule has 4 nitrogen and oxygen atoms in total. The molecule has 0 amide bonds. The summed E-state index contributed by atoms with van der Waals surface area (Å²) in [6, 6.07) is 30.2. The number of aliphatic hydroxyl groups excluding tert-OH is 2. The van der Waals surface area contributed by atoms with Gasteiger partial charge in [-0.15, -0.1) is 0 Å². The van der Waals surface area contributed by atoms with E-state index in [1.807, 2.05) is 91.0 Å². The van der Waals surface area contributed by atoms with E-state index in [1.54, 1.807) is 0 Å². The second-order valence-corrected chi connectivity index (χ2v) is 6.83. The first kappa shape index (κ1) is 21.2. The van der Waals surface area contributed by atoms with Gasteiger partial charge in [0.25, 0.3) is 0 Å². The zero-order valence-electron chi connectivity index (χ0n) is 16.5. The topological polar surface area (TPSA) is 58.9 Å². The van der Waals surface area contributed by atoms with Crippen molar-refractivity contribution < 1.29 is 19.7 Å². The third kappa shape index (κ3) is 4.92. The van der Waals surface area contributed by atoms with Crippen LogP contribution in [0.5, 0.6) is 0 Å². The molecule has 0 radical (unpaired) electrons. The van der Waals surface area contributed by atoms with Crippen molar-refractivity contribution in [3.8, 4) is 0 Å². The standard InChI is InChI=1S/C25H28O4/c26-16-17-28-18-19-29-20-24(27)25(21-10-4-1-5-11-21,22-12-6-2-7-13-22)23-14-8-3-9-15-23/h1-15,24,26-27H,16-20H2. The lowest BCUT2D eigenvalue weighted by atomic mass is 9.66. The van der Waals surface area contributed by atoms with Crippen LogP contribution in [0.1, 0.15) is 16.7 Å². The molecule has 1 atom stereocenters. The highest BCUT2D eigenvalue weighted by atomic mass is 16.5. The molecule has 0 aromatic heterocycles. The molecule has 29 heavy (non-hydrogen) atoms. The van der Waals surface area contributed by atoms with E-state index in [-0.39, 0.29) is 19.8 Å². The van der Waals surface area contributed by atoms with Crippen molar-refractivity contribution in [2.24, 2.45) is 0 Å². The van der Waals surface area contributed by atoms with E-state index in [1.165, 1.54) is 0 Å². The Morgan fingerprint density at radius 3 is 1.45 bits per heavy atom. The van der Waals surface area contributed by atoms with Crippen molar-refractivity contribution in [2.45, 2.75) is 11.5 Å². The van der Waals surface area contributed by atoms with Gasteiger partial charge in [-0.2, -0.15) is 0 Å². The summed E-state index contributed by atoms with van der Waals surface area (Å²) in [5.74, 6) is 0. The average Bonchev–Trinajstić information content (AvgIpc) is 2.79. The molecule has 4 heteroatoms. The lowest BCUT2D eigenvalue weighted by Gasteiger charge is -2.40. The van der Waals surface area contributed by atoms with Gasteiger partial charge in [0, 0.05) is 0 Å². The van der Waals surface area contributed by atoms with Crippen molar-refractivity contribution >= 4 is 0 Å². The smallest absolute Gasteiger partial charge is 0.0951 e. The van der Waals surface area contributed by atoms with Gasteiger partial charge < -0.3 is 19.7 Å². The van der Waals surface area contributed by atoms with Crippen LogP contribution in [0.2, 0.25) is 0 Å². The van der Waals surface area contributed by atoms with Gasteiger partial charge in [-0.1, -0.05) is 91.0 Å². The van der Waals surface area contributed by atoms with E-state index >= 15 is 0 Å². The average molecular weight is 392 g/mol. The van der Waals surface area contributed by atoms with Gasteiger partial charge in [0.2, 0.25) is 0 Å². The second kappa shape index (κ2) is 10.9. The Balaban J connectivity index is 1.98. The SMILES string of the molecule is OCCOCCOCC(O)C(c1ccccc1)(c1ccccc1)c1ccccc1. The molecule has 152 valence electrons. The molecule has 0 saturated carbocycles. The molecule has 0 heterocycles. The van der Waals surface area contributed by atoms with E-state index in [2.05, 4.69) is 0 Å². The van der Waals surface area contributed by atoms with Gasteiger partial charge in [0.15, 0.2) is 0 Å². The normalized spacial score (nSPS) is 12.6. The Bertz CT molecular complexity index is 725. The fraction of sp³-hybridized carbons (Fsp3) is 0.280. The van der Waals surface area contributed by atoms with Crippen LogP contribution in [-0.4, -0.2) is 49.4 Å². The summed E-state index contributed by atoms with van der Waals surface area (Å²) in [7, 11) is 0. The third-order valence-corrected chi connectivity index (χ3v) is 5.07. The van der Waals surface area contributed by atoms with E-state index in [9.17, 15) is 5.11 Å². The first-order valence-corrected chi connectivity index (χ1v) is 9.91. The van der Waals surface area contributed by atoms with Crippen LogP contribution < -0.4 is 0 Å². The van der Waals surface area contributed by atoms with Crippen molar-refractivity contribution in [2.75, 3.05) is 33.0 Å². The number of aliphatic hydroxyl groups is 2. The van der Waals surface area contributed by atoms with Crippen LogP contribution in [-0.2, 0) is 14.9 Å². The van der Waals surface area contributed by atoms with Crippen LogP contribution in [0.3, 0.4) is 0 Å². The molecule has 0 aliphatic rings. The van der Waals surface area contributed by atoms with Gasteiger partial charge in [-0.05, 0) is 16.7 Å². The van der Waals surface area contributed by atoms with Crippen molar-refractivity contribution in [1.29, 1.82) is 0 Å². The van der Waals surface area contributed by atoms with E-state index in [4.69, 9.17) is 14.6 Å². The van der Waals surface area contributed by atoms with Crippen LogP contribution in [0, 0.1) is 0 Å². The van der Waals surface area contributed by atoms with Crippen molar-refractivity contribution in [3.05, 3.63) is 108 Å². The number of hydrogen-bond donors (Lipinski definition) is 2. The summed E-state index contributed by atoms with van der Waals surface area (Å²) >= 11 is 0. The summed E-state index contributed by atoms with van der Waals surface area (Å²) in [5.41, 5.74) is 2.25. The summed E-state index contributed by atoms with van der Waals surface area (Å²) in [6.07, 6.45) is -0.812. The predicted molar refractivity (Wildman–Crippen MR) is 114 cm³/mol. The highest BCUT2D eigenvalue weighted by Gasteiger charge is 2.43. The molecule has 3 aromatic rings. The summed E-state index contributed by atoms with van der Waals surface area (Å²) < 4.78 is 11.0. The Morgan fingerprint density at radius 1 is 0.621 bits per heavy atom. The highest BCUT2D eigenvalue weighted by molar-refractivity contribution is 5.51. The molecule has 3 aromatic carbocycles. The lowest BCUT2D eigenvalue weighted by molar-refractivity contribution is -0.0163. The van der Waals surface area contributed by atoms with Gasteiger partial charge in [-0.3, -0.25) is 0 Å². The van der Waals surface area contributed by atoms with Crippen molar-refractivity contribution in [3.63, 3.8) is 0 Å².